The molecule has 114 valence electrons. The quantitative estimate of drug-likeness (QED) is 0.549. The number of rotatable bonds is 6. The van der Waals surface area contributed by atoms with Gasteiger partial charge in [-0.25, -0.2) is 0 Å². The van der Waals surface area contributed by atoms with E-state index in [0.717, 1.165) is 14.7 Å². The second-order valence-electron chi connectivity index (χ2n) is 4.57. The zero-order chi connectivity index (χ0) is 15.8. The van der Waals surface area contributed by atoms with E-state index in [-0.39, 0.29) is 11.2 Å². The number of esters is 1. The Morgan fingerprint density at radius 2 is 1.55 bits per heavy atom. The Balaban J connectivity index is 2.11. The number of benzene rings is 2. The molecule has 0 heterocycles. The predicted octanol–water partition coefficient (Wildman–Crippen LogP) is 5.02. The molecule has 0 aliphatic carbocycles. The number of hydrogen-bond acceptors (Lipinski definition) is 4. The fourth-order valence-electron chi connectivity index (χ4n) is 1.83. The van der Waals surface area contributed by atoms with Crippen LogP contribution in [0.25, 0.3) is 0 Å². The van der Waals surface area contributed by atoms with Crippen molar-refractivity contribution in [2.75, 3.05) is 7.11 Å². The van der Waals surface area contributed by atoms with Gasteiger partial charge in [-0.3, -0.25) is 4.79 Å². The number of allylic oxidation sites excluding steroid dienone is 1. The Bertz CT molecular complexity index is 624. The fourth-order valence-corrected chi connectivity index (χ4v) is 3.86. The van der Waals surface area contributed by atoms with Crippen molar-refractivity contribution < 1.29 is 9.53 Å². The summed E-state index contributed by atoms with van der Waals surface area (Å²) < 4.78 is 4.92. The zero-order valence-corrected chi connectivity index (χ0v) is 14.2. The van der Waals surface area contributed by atoms with E-state index < -0.39 is 0 Å². The average molecular weight is 330 g/mol. The van der Waals surface area contributed by atoms with Crippen molar-refractivity contribution in [2.45, 2.75) is 22.0 Å². The average Bonchev–Trinajstić information content (AvgIpc) is 2.55. The summed E-state index contributed by atoms with van der Waals surface area (Å²) in [6.45, 7) is 2.01. The molecular formula is C18H18O2S2. The van der Waals surface area contributed by atoms with E-state index in [4.69, 9.17) is 4.74 Å². The maximum Gasteiger partial charge on any atom is 0.323 e. The van der Waals surface area contributed by atoms with Gasteiger partial charge in [-0.15, -0.1) is 11.8 Å². The molecule has 2 aromatic rings. The molecule has 2 aromatic carbocycles. The van der Waals surface area contributed by atoms with Crippen molar-refractivity contribution in [3.8, 4) is 0 Å². The van der Waals surface area contributed by atoms with Crippen LogP contribution >= 0.6 is 23.5 Å². The molecule has 1 unspecified atom stereocenters. The SMILES string of the molecule is COC(=O)C(/C=C(\C)Sc1ccccc1)Sc1ccccc1. The molecule has 0 amide bonds. The van der Waals surface area contributed by atoms with Crippen LogP contribution in [0, 0.1) is 0 Å². The van der Waals surface area contributed by atoms with Crippen LogP contribution in [-0.2, 0) is 9.53 Å². The third kappa shape index (κ3) is 5.28. The van der Waals surface area contributed by atoms with Crippen LogP contribution in [0.1, 0.15) is 6.92 Å². The first-order chi connectivity index (χ1) is 10.7. The molecule has 4 heteroatoms. The van der Waals surface area contributed by atoms with Crippen molar-refractivity contribution in [2.24, 2.45) is 0 Å². The number of hydrogen-bond donors (Lipinski definition) is 0. The Morgan fingerprint density at radius 1 is 1.00 bits per heavy atom. The van der Waals surface area contributed by atoms with Gasteiger partial charge in [0.15, 0.2) is 0 Å². The molecule has 1 atom stereocenters. The first kappa shape index (κ1) is 16.7. The van der Waals surface area contributed by atoms with Crippen molar-refractivity contribution in [3.63, 3.8) is 0 Å². The standard InChI is InChI=1S/C18H18O2S2/c1-14(21-15-9-5-3-6-10-15)13-17(18(19)20-2)22-16-11-7-4-8-12-16/h3-13,17H,1-2H3/b14-13+. The van der Waals surface area contributed by atoms with Crippen LogP contribution in [0.5, 0.6) is 0 Å². The van der Waals surface area contributed by atoms with E-state index in [1.54, 1.807) is 11.8 Å². The lowest BCUT2D eigenvalue weighted by Gasteiger charge is -2.12. The molecule has 0 saturated carbocycles. The Kier molecular flexibility index (Phi) is 6.62. The largest absolute Gasteiger partial charge is 0.468 e. The van der Waals surface area contributed by atoms with Crippen molar-refractivity contribution in [1.82, 2.24) is 0 Å². The highest BCUT2D eigenvalue weighted by atomic mass is 32.2. The number of methoxy groups -OCH3 is 1. The van der Waals surface area contributed by atoms with Gasteiger partial charge in [-0.1, -0.05) is 54.2 Å². The number of ether oxygens (including phenoxy) is 1. The van der Waals surface area contributed by atoms with Crippen molar-refractivity contribution in [3.05, 3.63) is 71.6 Å². The highest BCUT2D eigenvalue weighted by molar-refractivity contribution is 8.03. The first-order valence-corrected chi connectivity index (χ1v) is 8.59. The molecule has 0 aromatic heterocycles. The van der Waals surface area contributed by atoms with Gasteiger partial charge >= 0.3 is 5.97 Å². The van der Waals surface area contributed by atoms with Crippen LogP contribution in [-0.4, -0.2) is 18.3 Å². The third-order valence-corrected chi connectivity index (χ3v) is 4.94. The molecule has 0 radical (unpaired) electrons. The topological polar surface area (TPSA) is 26.3 Å². The first-order valence-electron chi connectivity index (χ1n) is 6.90. The minimum atomic E-state index is -0.344. The van der Waals surface area contributed by atoms with Gasteiger partial charge in [0.1, 0.15) is 5.25 Å². The molecule has 0 aliphatic rings. The second-order valence-corrected chi connectivity index (χ2v) is 7.10. The molecule has 22 heavy (non-hydrogen) atoms. The Morgan fingerprint density at radius 3 is 2.09 bits per heavy atom. The molecule has 2 nitrogen and oxygen atoms in total. The van der Waals surface area contributed by atoms with Crippen LogP contribution in [0.4, 0.5) is 0 Å². The van der Waals surface area contributed by atoms with Crippen LogP contribution in [0.3, 0.4) is 0 Å². The van der Waals surface area contributed by atoms with Gasteiger partial charge < -0.3 is 4.74 Å². The molecule has 2 rings (SSSR count). The minimum absolute atomic E-state index is 0.234. The Hall–Kier alpha value is -1.65. The highest BCUT2D eigenvalue weighted by Crippen LogP contribution is 2.30. The summed E-state index contributed by atoms with van der Waals surface area (Å²) in [5.74, 6) is -0.234. The van der Waals surface area contributed by atoms with Crippen molar-refractivity contribution >= 4 is 29.5 Å². The van der Waals surface area contributed by atoms with Crippen LogP contribution in [0.2, 0.25) is 0 Å². The summed E-state index contributed by atoms with van der Waals surface area (Å²) in [5, 5.41) is -0.344. The van der Waals surface area contributed by atoms with E-state index in [9.17, 15) is 4.79 Å². The van der Waals surface area contributed by atoms with Gasteiger partial charge in [-0.05, 0) is 36.1 Å². The molecule has 0 N–H and O–H groups in total. The summed E-state index contributed by atoms with van der Waals surface area (Å²) in [4.78, 5) is 15.3. The van der Waals surface area contributed by atoms with Gasteiger partial charge in [0.2, 0.25) is 0 Å². The monoisotopic (exact) mass is 330 g/mol. The van der Waals surface area contributed by atoms with E-state index in [2.05, 4.69) is 12.1 Å². The maximum atomic E-state index is 12.0. The van der Waals surface area contributed by atoms with Crippen molar-refractivity contribution in [1.29, 1.82) is 0 Å². The van der Waals surface area contributed by atoms with Gasteiger partial charge in [0.25, 0.3) is 0 Å². The fraction of sp³-hybridized carbons (Fsp3) is 0.167. The number of carbonyl (C=O) groups excluding carboxylic acids is 1. The minimum Gasteiger partial charge on any atom is -0.468 e. The molecule has 0 saturated heterocycles. The van der Waals surface area contributed by atoms with Gasteiger partial charge in [0, 0.05) is 9.79 Å². The lowest BCUT2D eigenvalue weighted by atomic mass is 10.4. The molecule has 0 spiro atoms. The van der Waals surface area contributed by atoms with Crippen LogP contribution < -0.4 is 0 Å². The second kappa shape index (κ2) is 8.71. The lowest BCUT2D eigenvalue weighted by Crippen LogP contribution is -2.16. The molecular weight excluding hydrogens is 312 g/mol. The number of carbonyl (C=O) groups is 1. The maximum absolute atomic E-state index is 12.0. The smallest absolute Gasteiger partial charge is 0.323 e. The molecule has 0 aliphatic heterocycles. The molecule has 0 bridgehead atoms. The highest BCUT2D eigenvalue weighted by Gasteiger charge is 2.18. The third-order valence-electron chi connectivity index (χ3n) is 2.85. The van der Waals surface area contributed by atoms with E-state index in [1.807, 2.05) is 61.5 Å². The van der Waals surface area contributed by atoms with Crippen LogP contribution in [0.15, 0.2) is 81.4 Å². The number of thioether (sulfide) groups is 2. The van der Waals surface area contributed by atoms with E-state index >= 15 is 0 Å². The normalized spacial score (nSPS) is 12.7. The molecule has 0 fully saturated rings. The summed E-state index contributed by atoms with van der Waals surface area (Å²) in [5.41, 5.74) is 0. The zero-order valence-electron chi connectivity index (χ0n) is 12.6. The predicted molar refractivity (Wildman–Crippen MR) is 94.2 cm³/mol. The van der Waals surface area contributed by atoms with E-state index in [0.29, 0.717) is 0 Å². The summed E-state index contributed by atoms with van der Waals surface area (Å²) in [6.07, 6.45) is 1.96. The Labute approximate surface area is 140 Å². The summed E-state index contributed by atoms with van der Waals surface area (Å²) in [7, 11) is 1.42. The summed E-state index contributed by atoms with van der Waals surface area (Å²) in [6, 6.07) is 20.0. The van der Waals surface area contributed by atoms with Gasteiger partial charge in [0.05, 0.1) is 7.11 Å². The van der Waals surface area contributed by atoms with Gasteiger partial charge in [-0.2, -0.15) is 0 Å². The van der Waals surface area contributed by atoms with E-state index in [1.165, 1.54) is 18.9 Å². The lowest BCUT2D eigenvalue weighted by molar-refractivity contribution is -0.139. The summed E-state index contributed by atoms with van der Waals surface area (Å²) >= 11 is 3.15.